The van der Waals surface area contributed by atoms with Gasteiger partial charge in [-0.3, -0.25) is 19.3 Å². The first-order chi connectivity index (χ1) is 18.4. The maximum atomic E-state index is 13.5. The molecule has 2 heterocycles. The van der Waals surface area contributed by atoms with Crippen LogP contribution in [-0.4, -0.2) is 36.0 Å². The molecule has 1 saturated heterocycles. The number of aliphatic hydroxyl groups excluding tert-OH is 1. The number of hydrogen-bond donors (Lipinski definition) is 1. The smallest absolute Gasteiger partial charge is 0.310 e. The van der Waals surface area contributed by atoms with E-state index in [1.807, 2.05) is 23.6 Å². The number of ketones is 1. The Labute approximate surface area is 232 Å². The molecule has 39 heavy (non-hydrogen) atoms. The van der Waals surface area contributed by atoms with Crippen molar-refractivity contribution in [1.82, 2.24) is 0 Å². The first-order valence-corrected chi connectivity index (χ1v) is 13.6. The zero-order valence-electron chi connectivity index (χ0n) is 23.0. The van der Waals surface area contributed by atoms with E-state index >= 15 is 0 Å². The topological polar surface area (TPSA) is 93.1 Å². The summed E-state index contributed by atoms with van der Waals surface area (Å²) in [4.78, 5) is 41.2. The molecule has 7 nitrogen and oxygen atoms in total. The van der Waals surface area contributed by atoms with Crippen molar-refractivity contribution in [1.29, 1.82) is 0 Å². The van der Waals surface area contributed by atoms with E-state index < -0.39 is 17.7 Å². The van der Waals surface area contributed by atoms with Crippen LogP contribution >= 0.6 is 11.3 Å². The Kier molecular flexibility index (Phi) is 7.97. The third-order valence-electron chi connectivity index (χ3n) is 6.51. The molecule has 4 rings (SSSR count). The molecule has 3 aromatic rings. The van der Waals surface area contributed by atoms with Crippen LogP contribution in [0.2, 0.25) is 0 Å². The monoisotopic (exact) mass is 547 g/mol. The fourth-order valence-electron chi connectivity index (χ4n) is 4.57. The normalized spacial score (nSPS) is 17.1. The highest BCUT2D eigenvalue weighted by Gasteiger charge is 2.47. The first-order valence-electron chi connectivity index (χ1n) is 12.7. The minimum atomic E-state index is -0.829. The summed E-state index contributed by atoms with van der Waals surface area (Å²) in [6.07, 6.45) is -0.118. The summed E-state index contributed by atoms with van der Waals surface area (Å²) < 4.78 is 10.7. The van der Waals surface area contributed by atoms with E-state index in [-0.39, 0.29) is 35.2 Å². The van der Waals surface area contributed by atoms with Gasteiger partial charge in [-0.15, -0.1) is 11.3 Å². The van der Waals surface area contributed by atoms with Crippen LogP contribution in [0.5, 0.6) is 5.75 Å². The largest absolute Gasteiger partial charge is 0.507 e. The molecule has 0 spiro atoms. The predicted octanol–water partition coefficient (Wildman–Crippen LogP) is 6.17. The SMILES string of the molecule is COc1ccc(C(C)(C)C)cc1/C(O)=C1\C(=O)C(=O)N(c2ccc(CC(=O)OC(C)C)cc2)C1c1cccs1. The van der Waals surface area contributed by atoms with E-state index in [0.29, 0.717) is 17.0 Å². The molecule has 1 fully saturated rings. The first kappa shape index (κ1) is 28.1. The highest BCUT2D eigenvalue weighted by atomic mass is 32.1. The van der Waals surface area contributed by atoms with E-state index in [4.69, 9.17) is 9.47 Å². The molecular weight excluding hydrogens is 514 g/mol. The van der Waals surface area contributed by atoms with Gasteiger partial charge in [0.15, 0.2) is 0 Å². The summed E-state index contributed by atoms with van der Waals surface area (Å²) in [6, 6.07) is 15.2. The lowest BCUT2D eigenvalue weighted by Gasteiger charge is -2.25. The van der Waals surface area contributed by atoms with Crippen LogP contribution in [-0.2, 0) is 31.0 Å². The number of Topliss-reactive ketones (excluding diaryl/α,β-unsaturated/α-hetero) is 1. The van der Waals surface area contributed by atoms with Crippen molar-refractivity contribution in [3.8, 4) is 5.75 Å². The summed E-state index contributed by atoms with van der Waals surface area (Å²) in [5, 5.41) is 13.5. The lowest BCUT2D eigenvalue weighted by molar-refractivity contribution is -0.146. The lowest BCUT2D eigenvalue weighted by atomic mass is 9.85. The minimum Gasteiger partial charge on any atom is -0.507 e. The molecule has 1 unspecified atom stereocenters. The molecule has 204 valence electrons. The molecule has 1 amide bonds. The standard InChI is InChI=1S/C31H33NO6S/c1-18(2)38-25(33)16-19-9-12-21(13-10-19)32-27(24-8-7-15-39-24)26(29(35)30(32)36)28(34)22-17-20(31(3,4)5)11-14-23(22)37-6/h7-15,17-18,27,34H,16H2,1-6H3/b28-26+. The molecule has 1 N–H and O–H groups in total. The number of methoxy groups -OCH3 is 1. The van der Waals surface area contributed by atoms with Gasteiger partial charge in [-0.1, -0.05) is 45.0 Å². The minimum absolute atomic E-state index is 0.00334. The Hall–Kier alpha value is -3.91. The number of nitrogens with zero attached hydrogens (tertiary/aromatic N) is 1. The predicted molar refractivity (Wildman–Crippen MR) is 152 cm³/mol. The molecule has 0 bridgehead atoms. The van der Waals surface area contributed by atoms with E-state index in [1.165, 1.54) is 23.3 Å². The molecule has 0 radical (unpaired) electrons. The van der Waals surface area contributed by atoms with Gasteiger partial charge in [0.2, 0.25) is 0 Å². The fourth-order valence-corrected chi connectivity index (χ4v) is 5.39. The van der Waals surface area contributed by atoms with E-state index in [2.05, 4.69) is 20.8 Å². The van der Waals surface area contributed by atoms with Crippen molar-refractivity contribution in [2.45, 2.75) is 58.6 Å². The highest BCUT2D eigenvalue weighted by molar-refractivity contribution is 7.10. The number of ether oxygens (including phenoxy) is 2. The number of hydrogen-bond acceptors (Lipinski definition) is 7. The van der Waals surface area contributed by atoms with Crippen molar-refractivity contribution in [3.63, 3.8) is 0 Å². The third kappa shape index (κ3) is 5.76. The summed E-state index contributed by atoms with van der Waals surface area (Å²) in [6.45, 7) is 9.73. The Bertz CT molecular complexity index is 1410. The molecule has 1 aliphatic rings. The van der Waals surface area contributed by atoms with Crippen molar-refractivity contribution in [2.75, 3.05) is 12.0 Å². The Morgan fingerprint density at radius 3 is 2.33 bits per heavy atom. The van der Waals surface area contributed by atoms with Crippen molar-refractivity contribution in [3.05, 3.63) is 87.1 Å². The van der Waals surface area contributed by atoms with Crippen LogP contribution in [0.15, 0.2) is 65.6 Å². The zero-order valence-corrected chi connectivity index (χ0v) is 23.8. The molecule has 2 aromatic carbocycles. The van der Waals surface area contributed by atoms with E-state index in [1.54, 1.807) is 50.2 Å². The van der Waals surface area contributed by atoms with Gasteiger partial charge in [-0.25, -0.2) is 0 Å². The van der Waals surface area contributed by atoms with Crippen LogP contribution in [0.4, 0.5) is 5.69 Å². The van der Waals surface area contributed by atoms with E-state index in [0.717, 1.165) is 16.0 Å². The second kappa shape index (κ2) is 11.1. The Morgan fingerprint density at radius 2 is 1.77 bits per heavy atom. The number of carbonyl (C=O) groups is 3. The maximum Gasteiger partial charge on any atom is 0.310 e. The number of amides is 1. The van der Waals surface area contributed by atoms with Crippen LogP contribution in [0.3, 0.4) is 0 Å². The second-order valence-corrected chi connectivity index (χ2v) is 11.7. The maximum absolute atomic E-state index is 13.5. The summed E-state index contributed by atoms with van der Waals surface area (Å²) in [7, 11) is 1.50. The van der Waals surface area contributed by atoms with Gasteiger partial charge in [-0.05, 0) is 66.1 Å². The van der Waals surface area contributed by atoms with Gasteiger partial charge in [0.1, 0.15) is 17.6 Å². The molecule has 1 aliphatic heterocycles. The van der Waals surface area contributed by atoms with Gasteiger partial charge in [0.25, 0.3) is 11.7 Å². The average Bonchev–Trinajstić information content (AvgIpc) is 3.49. The summed E-state index contributed by atoms with van der Waals surface area (Å²) >= 11 is 1.39. The summed E-state index contributed by atoms with van der Waals surface area (Å²) in [5.74, 6) is -1.76. The average molecular weight is 548 g/mol. The second-order valence-electron chi connectivity index (χ2n) is 10.7. The van der Waals surface area contributed by atoms with Crippen molar-refractivity contribution in [2.24, 2.45) is 0 Å². The van der Waals surface area contributed by atoms with Gasteiger partial charge >= 0.3 is 5.97 Å². The molecule has 1 atom stereocenters. The molecule has 1 aromatic heterocycles. The number of benzene rings is 2. The quantitative estimate of drug-likeness (QED) is 0.164. The highest BCUT2D eigenvalue weighted by Crippen LogP contribution is 2.45. The summed E-state index contributed by atoms with van der Waals surface area (Å²) in [5.41, 5.74) is 2.27. The molecular formula is C31H33NO6S. The number of esters is 1. The van der Waals surface area contributed by atoms with Crippen LogP contribution in [0, 0.1) is 0 Å². The number of rotatable bonds is 7. The van der Waals surface area contributed by atoms with Crippen LogP contribution < -0.4 is 9.64 Å². The van der Waals surface area contributed by atoms with Gasteiger partial charge in [0, 0.05) is 10.6 Å². The lowest BCUT2D eigenvalue weighted by Crippen LogP contribution is -2.29. The molecule has 0 aliphatic carbocycles. The van der Waals surface area contributed by atoms with E-state index in [9.17, 15) is 19.5 Å². The van der Waals surface area contributed by atoms with Crippen LogP contribution in [0.1, 0.15) is 62.2 Å². The Balaban J connectivity index is 1.81. The zero-order chi connectivity index (χ0) is 28.5. The van der Waals surface area contributed by atoms with Crippen molar-refractivity contribution >= 4 is 40.4 Å². The van der Waals surface area contributed by atoms with Gasteiger partial charge in [0.05, 0.1) is 30.8 Å². The fraction of sp³-hybridized carbons (Fsp3) is 0.323. The third-order valence-corrected chi connectivity index (χ3v) is 7.43. The molecule has 0 saturated carbocycles. The van der Waals surface area contributed by atoms with Gasteiger partial charge < -0.3 is 14.6 Å². The Morgan fingerprint density at radius 1 is 1.08 bits per heavy atom. The number of aliphatic hydroxyl groups is 1. The number of carbonyl (C=O) groups excluding carboxylic acids is 3. The number of anilines is 1. The number of thiophene rings is 1. The van der Waals surface area contributed by atoms with Crippen molar-refractivity contribution < 1.29 is 29.0 Å². The van der Waals surface area contributed by atoms with Gasteiger partial charge in [-0.2, -0.15) is 0 Å². The van der Waals surface area contributed by atoms with Crippen LogP contribution in [0.25, 0.3) is 5.76 Å². The molecule has 8 heteroatoms.